The second-order valence-corrected chi connectivity index (χ2v) is 4.42. The van der Waals surface area contributed by atoms with Gasteiger partial charge < -0.3 is 0 Å². The lowest BCUT2D eigenvalue weighted by Crippen LogP contribution is -2.34. The number of nitrogens with two attached hydrogens (primary N) is 1. The molecule has 0 radical (unpaired) electrons. The maximum absolute atomic E-state index is 13.5. The maximum Gasteiger partial charge on any atom is 0.130 e. The van der Waals surface area contributed by atoms with Crippen molar-refractivity contribution in [2.45, 2.75) is 25.8 Å². The second-order valence-electron chi connectivity index (χ2n) is 4.42. The van der Waals surface area contributed by atoms with Crippen LogP contribution in [0.5, 0.6) is 0 Å². The van der Waals surface area contributed by atoms with Gasteiger partial charge in [0.15, 0.2) is 0 Å². The molecule has 0 heterocycles. The van der Waals surface area contributed by atoms with Gasteiger partial charge in [-0.05, 0) is 24.3 Å². The quantitative estimate of drug-likeness (QED) is 0.595. The largest absolute Gasteiger partial charge is 0.271 e. The molecule has 0 aromatic heterocycles. The highest BCUT2D eigenvalue weighted by atomic mass is 19.1. The molecule has 1 aliphatic rings. The molecule has 0 amide bonds. The summed E-state index contributed by atoms with van der Waals surface area (Å²) in [6.07, 6.45) is 2.03. The SMILES string of the molecule is CC1(C(NN)c2ccc(F)cc2F)CC1. The Labute approximate surface area is 87.4 Å². The molecule has 4 heteroatoms. The van der Waals surface area contributed by atoms with Gasteiger partial charge in [0.2, 0.25) is 0 Å². The third-order valence-corrected chi connectivity index (χ3v) is 3.18. The smallest absolute Gasteiger partial charge is 0.130 e. The number of hydrogen-bond acceptors (Lipinski definition) is 2. The number of hydrogen-bond donors (Lipinski definition) is 2. The summed E-state index contributed by atoms with van der Waals surface area (Å²) < 4.78 is 26.2. The third kappa shape index (κ3) is 1.87. The van der Waals surface area contributed by atoms with E-state index in [0.717, 1.165) is 18.9 Å². The van der Waals surface area contributed by atoms with Crippen molar-refractivity contribution in [3.05, 3.63) is 35.4 Å². The van der Waals surface area contributed by atoms with Gasteiger partial charge in [0, 0.05) is 11.6 Å². The average molecular weight is 212 g/mol. The fraction of sp³-hybridized carbons (Fsp3) is 0.455. The number of benzene rings is 1. The Morgan fingerprint density at radius 1 is 1.40 bits per heavy atom. The second kappa shape index (κ2) is 3.54. The van der Waals surface area contributed by atoms with Crippen LogP contribution in [0.25, 0.3) is 0 Å². The lowest BCUT2D eigenvalue weighted by Gasteiger charge is -2.23. The highest BCUT2D eigenvalue weighted by Gasteiger charge is 2.45. The summed E-state index contributed by atoms with van der Waals surface area (Å²) in [5, 5.41) is 0. The highest BCUT2D eigenvalue weighted by Crippen LogP contribution is 2.54. The van der Waals surface area contributed by atoms with Crippen LogP contribution in [0, 0.1) is 17.0 Å². The van der Waals surface area contributed by atoms with Gasteiger partial charge in [-0.1, -0.05) is 13.0 Å². The van der Waals surface area contributed by atoms with E-state index in [1.54, 1.807) is 0 Å². The van der Waals surface area contributed by atoms with Crippen LogP contribution in [-0.4, -0.2) is 0 Å². The van der Waals surface area contributed by atoms with Crippen molar-refractivity contribution in [1.29, 1.82) is 0 Å². The molecule has 1 aromatic carbocycles. The monoisotopic (exact) mass is 212 g/mol. The van der Waals surface area contributed by atoms with Crippen molar-refractivity contribution in [3.8, 4) is 0 Å². The molecule has 3 N–H and O–H groups in total. The van der Waals surface area contributed by atoms with Crippen molar-refractivity contribution in [2.24, 2.45) is 11.3 Å². The molecule has 1 unspecified atom stereocenters. The topological polar surface area (TPSA) is 38.0 Å². The van der Waals surface area contributed by atoms with Crippen LogP contribution in [0.2, 0.25) is 0 Å². The van der Waals surface area contributed by atoms with Gasteiger partial charge in [0.25, 0.3) is 0 Å². The van der Waals surface area contributed by atoms with Gasteiger partial charge in [0.05, 0.1) is 6.04 Å². The van der Waals surface area contributed by atoms with E-state index < -0.39 is 11.6 Å². The molecule has 0 spiro atoms. The predicted molar refractivity (Wildman–Crippen MR) is 53.8 cm³/mol. The van der Waals surface area contributed by atoms with E-state index in [-0.39, 0.29) is 11.5 Å². The van der Waals surface area contributed by atoms with Crippen LogP contribution in [0.4, 0.5) is 8.78 Å². The summed E-state index contributed by atoms with van der Waals surface area (Å²) in [6, 6.07) is 3.37. The van der Waals surface area contributed by atoms with Crippen molar-refractivity contribution in [2.75, 3.05) is 0 Å². The minimum absolute atomic E-state index is 0.00736. The first-order valence-corrected chi connectivity index (χ1v) is 4.98. The Kier molecular flexibility index (Phi) is 2.48. The van der Waals surface area contributed by atoms with E-state index in [9.17, 15) is 8.78 Å². The van der Waals surface area contributed by atoms with E-state index in [1.165, 1.54) is 12.1 Å². The first-order valence-electron chi connectivity index (χ1n) is 4.98. The van der Waals surface area contributed by atoms with Crippen molar-refractivity contribution >= 4 is 0 Å². The van der Waals surface area contributed by atoms with E-state index in [2.05, 4.69) is 5.43 Å². The van der Waals surface area contributed by atoms with Crippen molar-refractivity contribution < 1.29 is 8.78 Å². The molecule has 1 aliphatic carbocycles. The van der Waals surface area contributed by atoms with Crippen molar-refractivity contribution in [3.63, 3.8) is 0 Å². The molecule has 2 rings (SSSR count). The minimum atomic E-state index is -0.562. The Morgan fingerprint density at radius 2 is 2.07 bits per heavy atom. The van der Waals surface area contributed by atoms with Crippen LogP contribution >= 0.6 is 0 Å². The molecule has 0 aliphatic heterocycles. The minimum Gasteiger partial charge on any atom is -0.271 e. The van der Waals surface area contributed by atoms with E-state index in [4.69, 9.17) is 5.84 Å². The standard InChI is InChI=1S/C11H14F2N2/c1-11(4-5-11)10(15-14)8-3-2-7(12)6-9(8)13/h2-3,6,10,15H,4-5,14H2,1H3. The zero-order valence-corrected chi connectivity index (χ0v) is 8.56. The first kappa shape index (κ1) is 10.5. The fourth-order valence-corrected chi connectivity index (χ4v) is 1.89. The van der Waals surface area contributed by atoms with Gasteiger partial charge in [-0.3, -0.25) is 11.3 Å². The van der Waals surface area contributed by atoms with Crippen LogP contribution in [0.3, 0.4) is 0 Å². The molecule has 82 valence electrons. The number of hydrazine groups is 1. The number of nitrogens with one attached hydrogen (secondary N) is 1. The Hall–Kier alpha value is -1.00. The Balaban J connectivity index is 2.34. The molecule has 2 nitrogen and oxygen atoms in total. The summed E-state index contributed by atoms with van der Waals surface area (Å²) in [4.78, 5) is 0. The molecule has 0 bridgehead atoms. The van der Waals surface area contributed by atoms with Gasteiger partial charge in [-0.25, -0.2) is 8.78 Å². The van der Waals surface area contributed by atoms with E-state index in [1.807, 2.05) is 6.92 Å². The van der Waals surface area contributed by atoms with Gasteiger partial charge in [-0.2, -0.15) is 0 Å². The summed E-state index contributed by atoms with van der Waals surface area (Å²) in [5.74, 6) is 4.33. The zero-order valence-electron chi connectivity index (χ0n) is 8.56. The third-order valence-electron chi connectivity index (χ3n) is 3.18. The summed E-state index contributed by atoms with van der Waals surface area (Å²) >= 11 is 0. The van der Waals surface area contributed by atoms with Crippen LogP contribution in [0.15, 0.2) is 18.2 Å². The summed E-state index contributed by atoms with van der Waals surface area (Å²) in [5.41, 5.74) is 3.07. The lowest BCUT2D eigenvalue weighted by atomic mass is 9.92. The van der Waals surface area contributed by atoms with Gasteiger partial charge in [0.1, 0.15) is 11.6 Å². The Bertz CT molecular complexity index is 375. The van der Waals surface area contributed by atoms with Gasteiger partial charge in [-0.15, -0.1) is 0 Å². The summed E-state index contributed by atoms with van der Waals surface area (Å²) in [6.45, 7) is 2.04. The van der Waals surface area contributed by atoms with Crippen LogP contribution in [0.1, 0.15) is 31.4 Å². The zero-order chi connectivity index (χ0) is 11.1. The molecule has 0 saturated heterocycles. The van der Waals surface area contributed by atoms with Crippen LogP contribution in [-0.2, 0) is 0 Å². The molecule has 1 fully saturated rings. The molecule has 1 saturated carbocycles. The molecular weight excluding hydrogens is 198 g/mol. The highest BCUT2D eigenvalue weighted by molar-refractivity contribution is 5.25. The Morgan fingerprint density at radius 3 is 2.53 bits per heavy atom. The van der Waals surface area contributed by atoms with E-state index >= 15 is 0 Å². The van der Waals surface area contributed by atoms with Crippen molar-refractivity contribution in [1.82, 2.24) is 5.43 Å². The van der Waals surface area contributed by atoms with Crippen LogP contribution < -0.4 is 11.3 Å². The summed E-state index contributed by atoms with van der Waals surface area (Å²) in [7, 11) is 0. The molecule has 1 atom stereocenters. The molecule has 15 heavy (non-hydrogen) atoms. The fourth-order valence-electron chi connectivity index (χ4n) is 1.89. The molecular formula is C11H14F2N2. The average Bonchev–Trinajstić information content (AvgIpc) is 2.90. The van der Waals surface area contributed by atoms with E-state index in [0.29, 0.717) is 5.56 Å². The number of rotatable bonds is 3. The molecule has 1 aromatic rings. The van der Waals surface area contributed by atoms with Gasteiger partial charge >= 0.3 is 0 Å². The lowest BCUT2D eigenvalue weighted by molar-refractivity contribution is 0.359. The predicted octanol–water partition coefficient (Wildman–Crippen LogP) is 2.27. The number of halogens is 2. The first-order chi connectivity index (χ1) is 7.07. The maximum atomic E-state index is 13.5. The normalized spacial score (nSPS) is 20.0.